The maximum Gasteiger partial charge on any atom is 0.242 e. The van der Waals surface area contributed by atoms with E-state index in [2.05, 4.69) is 12.2 Å². The Morgan fingerprint density at radius 2 is 1.95 bits per heavy atom. The van der Waals surface area contributed by atoms with Gasteiger partial charge in [0.15, 0.2) is 0 Å². The van der Waals surface area contributed by atoms with E-state index >= 15 is 0 Å². The summed E-state index contributed by atoms with van der Waals surface area (Å²) in [4.78, 5) is 26.5. The summed E-state index contributed by atoms with van der Waals surface area (Å²) in [6.45, 7) is 2.86. The van der Waals surface area contributed by atoms with Gasteiger partial charge in [0.25, 0.3) is 0 Å². The number of likely N-dealkylation sites (N-methyl/N-ethyl adjacent to an activating group) is 1. The Bertz CT molecular complexity index is 362. The standard InChI is InChI=1S/C15H27N3O2/c1-10-7-11(9-12(16)8-10)15(20)18-6-4-3-5-13(18)14(19)17-2/h10-13H,3-9,16H2,1-2H3,(H,17,19). The third-order valence-electron chi connectivity index (χ3n) is 4.66. The maximum atomic E-state index is 12.8. The predicted octanol–water partition coefficient (Wildman–Crippen LogP) is 0.877. The van der Waals surface area contributed by atoms with Crippen LogP contribution in [0.4, 0.5) is 0 Å². The topological polar surface area (TPSA) is 75.4 Å². The quantitative estimate of drug-likeness (QED) is 0.789. The van der Waals surface area contributed by atoms with Gasteiger partial charge in [-0.25, -0.2) is 0 Å². The molecule has 1 saturated heterocycles. The van der Waals surface area contributed by atoms with Crippen LogP contribution in [0.5, 0.6) is 0 Å². The molecule has 1 saturated carbocycles. The number of amides is 2. The molecule has 0 aromatic heterocycles. The SMILES string of the molecule is CNC(=O)C1CCCCN1C(=O)C1CC(C)CC(N)C1. The first-order valence-corrected chi connectivity index (χ1v) is 7.80. The Balaban J connectivity index is 2.07. The van der Waals surface area contributed by atoms with Crippen LogP contribution in [0.3, 0.4) is 0 Å². The number of nitrogens with two attached hydrogens (primary N) is 1. The molecule has 5 nitrogen and oxygen atoms in total. The van der Waals surface area contributed by atoms with Crippen molar-refractivity contribution in [2.75, 3.05) is 13.6 Å². The van der Waals surface area contributed by atoms with Crippen LogP contribution in [0.1, 0.15) is 45.4 Å². The van der Waals surface area contributed by atoms with Crippen molar-refractivity contribution >= 4 is 11.8 Å². The molecule has 0 aromatic carbocycles. The molecule has 2 fully saturated rings. The normalized spacial score (nSPS) is 34.6. The predicted molar refractivity (Wildman–Crippen MR) is 77.9 cm³/mol. The lowest BCUT2D eigenvalue weighted by atomic mass is 9.78. The number of carbonyl (C=O) groups is 2. The minimum atomic E-state index is -0.283. The first-order chi connectivity index (χ1) is 9.52. The molecule has 0 spiro atoms. The summed E-state index contributed by atoms with van der Waals surface area (Å²) >= 11 is 0. The van der Waals surface area contributed by atoms with Crippen molar-refractivity contribution in [1.29, 1.82) is 0 Å². The fraction of sp³-hybridized carbons (Fsp3) is 0.867. The summed E-state index contributed by atoms with van der Waals surface area (Å²) in [5.74, 6) is 0.599. The lowest BCUT2D eigenvalue weighted by Crippen LogP contribution is -2.54. The molecule has 20 heavy (non-hydrogen) atoms. The molecule has 2 rings (SSSR count). The van der Waals surface area contributed by atoms with E-state index in [1.54, 1.807) is 11.9 Å². The minimum Gasteiger partial charge on any atom is -0.357 e. The van der Waals surface area contributed by atoms with E-state index in [-0.39, 0.29) is 29.8 Å². The second-order valence-electron chi connectivity index (χ2n) is 6.43. The van der Waals surface area contributed by atoms with Gasteiger partial charge in [0.1, 0.15) is 6.04 Å². The van der Waals surface area contributed by atoms with E-state index in [1.807, 2.05) is 0 Å². The highest BCUT2D eigenvalue weighted by molar-refractivity contribution is 5.88. The number of rotatable bonds is 2. The molecule has 1 aliphatic heterocycles. The van der Waals surface area contributed by atoms with E-state index in [1.165, 1.54) is 0 Å². The fourth-order valence-electron chi connectivity index (χ4n) is 3.73. The summed E-state index contributed by atoms with van der Waals surface area (Å²) < 4.78 is 0. The van der Waals surface area contributed by atoms with Crippen LogP contribution >= 0.6 is 0 Å². The Kier molecular flexibility index (Phi) is 5.02. The van der Waals surface area contributed by atoms with Crippen molar-refractivity contribution in [3.05, 3.63) is 0 Å². The molecule has 2 aliphatic rings. The molecule has 4 atom stereocenters. The Morgan fingerprint density at radius 1 is 1.20 bits per heavy atom. The molecule has 0 radical (unpaired) electrons. The van der Waals surface area contributed by atoms with Crippen molar-refractivity contribution < 1.29 is 9.59 Å². The van der Waals surface area contributed by atoms with Crippen molar-refractivity contribution in [3.8, 4) is 0 Å². The molecule has 0 bridgehead atoms. The molecule has 3 N–H and O–H groups in total. The second-order valence-corrected chi connectivity index (χ2v) is 6.43. The highest BCUT2D eigenvalue weighted by Crippen LogP contribution is 2.31. The summed E-state index contributed by atoms with van der Waals surface area (Å²) in [5, 5.41) is 2.68. The summed E-state index contributed by atoms with van der Waals surface area (Å²) in [6, 6.07) is -0.161. The van der Waals surface area contributed by atoms with Crippen LogP contribution in [0, 0.1) is 11.8 Å². The number of hydrogen-bond acceptors (Lipinski definition) is 3. The molecule has 1 heterocycles. The van der Waals surface area contributed by atoms with Crippen molar-refractivity contribution in [2.45, 2.75) is 57.5 Å². The third-order valence-corrected chi connectivity index (χ3v) is 4.66. The minimum absolute atomic E-state index is 0.000920. The Morgan fingerprint density at radius 3 is 2.60 bits per heavy atom. The van der Waals surface area contributed by atoms with Gasteiger partial charge >= 0.3 is 0 Å². The Labute approximate surface area is 121 Å². The van der Waals surface area contributed by atoms with Gasteiger partial charge in [0, 0.05) is 25.6 Å². The van der Waals surface area contributed by atoms with Crippen LogP contribution in [0.25, 0.3) is 0 Å². The smallest absolute Gasteiger partial charge is 0.242 e. The van der Waals surface area contributed by atoms with Crippen LogP contribution in [0.15, 0.2) is 0 Å². The van der Waals surface area contributed by atoms with Gasteiger partial charge in [-0.1, -0.05) is 6.92 Å². The number of nitrogens with zero attached hydrogens (tertiary/aromatic N) is 1. The van der Waals surface area contributed by atoms with E-state index in [0.29, 0.717) is 12.5 Å². The first kappa shape index (κ1) is 15.3. The van der Waals surface area contributed by atoms with Gasteiger partial charge in [-0.2, -0.15) is 0 Å². The zero-order valence-corrected chi connectivity index (χ0v) is 12.6. The van der Waals surface area contributed by atoms with Crippen LogP contribution in [-0.4, -0.2) is 42.4 Å². The third kappa shape index (κ3) is 3.32. The molecule has 114 valence electrons. The Hall–Kier alpha value is -1.10. The summed E-state index contributed by atoms with van der Waals surface area (Å²) in [7, 11) is 1.64. The average Bonchev–Trinajstić information content (AvgIpc) is 2.44. The van der Waals surface area contributed by atoms with Gasteiger partial charge in [-0.15, -0.1) is 0 Å². The van der Waals surface area contributed by atoms with Gasteiger partial charge in [-0.3, -0.25) is 9.59 Å². The first-order valence-electron chi connectivity index (χ1n) is 7.80. The highest BCUT2D eigenvalue weighted by Gasteiger charge is 2.37. The largest absolute Gasteiger partial charge is 0.357 e. The van der Waals surface area contributed by atoms with E-state index in [9.17, 15) is 9.59 Å². The van der Waals surface area contributed by atoms with Gasteiger partial charge in [0.2, 0.25) is 11.8 Å². The lowest BCUT2D eigenvalue weighted by Gasteiger charge is -2.39. The van der Waals surface area contributed by atoms with Crippen LogP contribution < -0.4 is 11.1 Å². The summed E-state index contributed by atoms with van der Waals surface area (Å²) in [5.41, 5.74) is 6.05. The number of carbonyl (C=O) groups excluding carboxylic acids is 2. The highest BCUT2D eigenvalue weighted by atomic mass is 16.2. The van der Waals surface area contributed by atoms with Crippen LogP contribution in [0.2, 0.25) is 0 Å². The van der Waals surface area contributed by atoms with E-state index < -0.39 is 0 Å². The van der Waals surface area contributed by atoms with Gasteiger partial charge in [0.05, 0.1) is 0 Å². The number of likely N-dealkylation sites (tertiary alicyclic amines) is 1. The molecule has 2 amide bonds. The zero-order valence-electron chi connectivity index (χ0n) is 12.6. The number of nitrogens with one attached hydrogen (secondary N) is 1. The fourth-order valence-corrected chi connectivity index (χ4v) is 3.73. The molecular weight excluding hydrogens is 254 g/mol. The monoisotopic (exact) mass is 281 g/mol. The molecule has 5 heteroatoms. The van der Waals surface area contributed by atoms with Crippen molar-refractivity contribution in [2.24, 2.45) is 17.6 Å². The molecule has 1 aliphatic carbocycles. The van der Waals surface area contributed by atoms with E-state index in [0.717, 1.165) is 38.5 Å². The lowest BCUT2D eigenvalue weighted by molar-refractivity contribution is -0.146. The van der Waals surface area contributed by atoms with Crippen LogP contribution in [-0.2, 0) is 9.59 Å². The van der Waals surface area contributed by atoms with E-state index in [4.69, 9.17) is 5.73 Å². The molecule has 4 unspecified atom stereocenters. The average molecular weight is 281 g/mol. The number of piperidine rings is 1. The molecular formula is C15H27N3O2. The summed E-state index contributed by atoms with van der Waals surface area (Å²) in [6.07, 6.45) is 5.46. The van der Waals surface area contributed by atoms with Gasteiger partial charge < -0.3 is 16.0 Å². The maximum absolute atomic E-state index is 12.8. The molecule has 0 aromatic rings. The van der Waals surface area contributed by atoms with Crippen molar-refractivity contribution in [3.63, 3.8) is 0 Å². The van der Waals surface area contributed by atoms with Crippen molar-refractivity contribution in [1.82, 2.24) is 10.2 Å². The second kappa shape index (κ2) is 6.57. The van der Waals surface area contributed by atoms with Gasteiger partial charge in [-0.05, 0) is 44.4 Å². The number of hydrogen-bond donors (Lipinski definition) is 2. The zero-order chi connectivity index (χ0) is 14.7.